The zero-order chi connectivity index (χ0) is 5.98. The monoisotopic (exact) mass is 116 g/mol. The Hall–Kier alpha value is -0.410. The molecule has 0 saturated carbocycles. The van der Waals surface area contributed by atoms with Crippen LogP contribution in [0.5, 0.6) is 0 Å². The molecule has 1 rings (SSSR count). The lowest BCUT2D eigenvalue weighted by atomic mass is 10.2. The Balaban J connectivity index is 2.13. The maximum absolute atomic E-state index is 10.6. The average Bonchev–Trinajstić information content (AvgIpc) is 2.45. The van der Waals surface area contributed by atoms with Crippen molar-refractivity contribution in [2.45, 2.75) is 26.1 Å². The van der Waals surface area contributed by atoms with Crippen LogP contribution >= 0.6 is 0 Å². The molecule has 3 heteroatoms. The lowest BCUT2D eigenvalue weighted by molar-refractivity contribution is -0.120. The van der Waals surface area contributed by atoms with Gasteiger partial charge in [0.05, 0.1) is 0 Å². The number of carbonyl (C=O) groups is 1. The van der Waals surface area contributed by atoms with Gasteiger partial charge in [-0.15, -0.1) is 0 Å². The highest BCUT2D eigenvalue weighted by atomic mass is 17.4. The van der Waals surface area contributed by atoms with Gasteiger partial charge in [-0.2, -0.15) is 9.78 Å². The summed E-state index contributed by atoms with van der Waals surface area (Å²) in [5.74, 6) is 0.0486. The predicted octanol–water partition coefficient (Wildman–Crippen LogP) is 0.643. The number of Topliss-reactive ketones (excluding diaryl/α,β-unsaturated/α-hetero) is 1. The van der Waals surface area contributed by atoms with Gasteiger partial charge in [-0.05, 0) is 6.42 Å². The first-order valence-electron chi connectivity index (χ1n) is 2.69. The molecule has 0 aromatic heterocycles. The van der Waals surface area contributed by atoms with Crippen molar-refractivity contribution in [1.29, 1.82) is 0 Å². The van der Waals surface area contributed by atoms with E-state index in [2.05, 4.69) is 9.78 Å². The van der Waals surface area contributed by atoms with Gasteiger partial charge in [0.25, 0.3) is 6.29 Å². The van der Waals surface area contributed by atoms with Gasteiger partial charge in [0.1, 0.15) is 0 Å². The van der Waals surface area contributed by atoms with Crippen molar-refractivity contribution in [3.63, 3.8) is 0 Å². The molecule has 1 aliphatic heterocycles. The van der Waals surface area contributed by atoms with Crippen LogP contribution < -0.4 is 0 Å². The molecule has 0 atom stereocenters. The zero-order valence-electron chi connectivity index (χ0n) is 4.72. The molecule has 0 N–H and O–H groups in total. The van der Waals surface area contributed by atoms with Gasteiger partial charge < -0.3 is 0 Å². The summed E-state index contributed by atoms with van der Waals surface area (Å²) in [6.07, 6.45) is 0.905. The molecular formula is C5H8O3. The van der Waals surface area contributed by atoms with Gasteiger partial charge in [-0.25, -0.2) is 0 Å². The Morgan fingerprint density at radius 3 is 2.62 bits per heavy atom. The molecule has 0 aromatic carbocycles. The molecule has 0 radical (unpaired) electrons. The van der Waals surface area contributed by atoms with Crippen LogP contribution in [0.15, 0.2) is 0 Å². The van der Waals surface area contributed by atoms with Crippen molar-refractivity contribution < 1.29 is 14.6 Å². The largest absolute Gasteiger partial charge is 0.294 e. The van der Waals surface area contributed by atoms with Gasteiger partial charge >= 0.3 is 0 Å². The Morgan fingerprint density at radius 2 is 2.25 bits per heavy atom. The van der Waals surface area contributed by atoms with E-state index in [1.54, 1.807) is 0 Å². The zero-order valence-corrected chi connectivity index (χ0v) is 4.72. The van der Waals surface area contributed by atoms with Crippen molar-refractivity contribution >= 4 is 5.78 Å². The first-order valence-corrected chi connectivity index (χ1v) is 2.69. The van der Waals surface area contributed by atoms with Crippen LogP contribution in [-0.2, 0) is 14.6 Å². The summed E-state index contributed by atoms with van der Waals surface area (Å²) in [4.78, 5) is 19.1. The van der Waals surface area contributed by atoms with E-state index in [1.165, 1.54) is 0 Å². The Labute approximate surface area is 47.5 Å². The number of hydrogen-bond acceptors (Lipinski definition) is 3. The predicted molar refractivity (Wildman–Crippen MR) is 25.9 cm³/mol. The minimum atomic E-state index is -0.519. The Bertz CT molecular complexity index is 95.8. The highest BCUT2D eigenvalue weighted by Crippen LogP contribution is 2.14. The third kappa shape index (κ3) is 1.28. The molecule has 3 nitrogen and oxygen atoms in total. The molecule has 1 saturated heterocycles. The lowest BCUT2D eigenvalue weighted by Crippen LogP contribution is -2.03. The first kappa shape index (κ1) is 5.72. The Morgan fingerprint density at radius 1 is 1.62 bits per heavy atom. The SMILES string of the molecule is CCCC(=O)C1OO1. The summed E-state index contributed by atoms with van der Waals surface area (Å²) in [7, 11) is 0. The van der Waals surface area contributed by atoms with Crippen molar-refractivity contribution in [1.82, 2.24) is 0 Å². The normalized spacial score (nSPS) is 18.6. The topological polar surface area (TPSA) is 42.1 Å². The molecule has 1 fully saturated rings. The van der Waals surface area contributed by atoms with Crippen LogP contribution in [0.2, 0.25) is 0 Å². The fraction of sp³-hybridized carbons (Fsp3) is 0.800. The van der Waals surface area contributed by atoms with E-state index in [1.807, 2.05) is 6.92 Å². The number of hydrogen-bond donors (Lipinski definition) is 0. The van der Waals surface area contributed by atoms with Crippen LogP contribution in [0.3, 0.4) is 0 Å². The molecule has 0 amide bonds. The summed E-state index contributed by atoms with van der Waals surface area (Å²) in [6.45, 7) is 1.94. The molecule has 0 spiro atoms. The third-order valence-corrected chi connectivity index (χ3v) is 0.952. The maximum atomic E-state index is 10.6. The van der Waals surface area contributed by atoms with Crippen LogP contribution in [-0.4, -0.2) is 12.1 Å². The minimum absolute atomic E-state index is 0.0486. The molecule has 0 aliphatic carbocycles. The van der Waals surface area contributed by atoms with Gasteiger partial charge in [0.2, 0.25) is 0 Å². The van der Waals surface area contributed by atoms with E-state index in [0.29, 0.717) is 6.42 Å². The lowest BCUT2D eigenvalue weighted by Gasteiger charge is -1.83. The molecule has 0 aromatic rings. The quantitative estimate of drug-likeness (QED) is 0.401. The van der Waals surface area contributed by atoms with Crippen LogP contribution in [0.25, 0.3) is 0 Å². The third-order valence-electron chi connectivity index (χ3n) is 0.952. The standard InChI is InChI=1S/C5H8O3/c1-2-3-4(6)5-7-8-5/h5H,2-3H2,1H3. The van der Waals surface area contributed by atoms with E-state index < -0.39 is 6.29 Å². The van der Waals surface area contributed by atoms with Crippen molar-refractivity contribution in [3.05, 3.63) is 0 Å². The summed E-state index contributed by atoms with van der Waals surface area (Å²) in [5.41, 5.74) is 0. The van der Waals surface area contributed by atoms with Gasteiger partial charge in [-0.1, -0.05) is 6.92 Å². The first-order chi connectivity index (χ1) is 3.84. The molecular weight excluding hydrogens is 108 g/mol. The molecule has 46 valence electrons. The molecule has 1 aliphatic rings. The molecule has 0 bridgehead atoms. The number of rotatable bonds is 3. The van der Waals surface area contributed by atoms with Crippen molar-refractivity contribution in [2.75, 3.05) is 0 Å². The summed E-state index contributed by atoms with van der Waals surface area (Å²) < 4.78 is 0. The highest BCUT2D eigenvalue weighted by molar-refractivity contribution is 5.82. The van der Waals surface area contributed by atoms with Gasteiger partial charge in [0.15, 0.2) is 5.78 Å². The number of carbonyl (C=O) groups excluding carboxylic acids is 1. The van der Waals surface area contributed by atoms with Gasteiger partial charge in [0, 0.05) is 6.42 Å². The summed E-state index contributed by atoms with van der Waals surface area (Å²) in [6, 6.07) is 0. The van der Waals surface area contributed by atoms with Gasteiger partial charge in [-0.3, -0.25) is 4.79 Å². The average molecular weight is 116 g/mol. The minimum Gasteiger partial charge on any atom is -0.294 e. The number of ketones is 1. The molecule has 1 heterocycles. The molecule has 0 unspecified atom stereocenters. The fourth-order valence-electron chi connectivity index (χ4n) is 0.499. The molecule has 8 heavy (non-hydrogen) atoms. The van der Waals surface area contributed by atoms with Crippen LogP contribution in [0.4, 0.5) is 0 Å². The maximum Gasteiger partial charge on any atom is 0.281 e. The smallest absolute Gasteiger partial charge is 0.281 e. The fourth-order valence-corrected chi connectivity index (χ4v) is 0.499. The highest BCUT2D eigenvalue weighted by Gasteiger charge is 2.33. The van der Waals surface area contributed by atoms with E-state index in [4.69, 9.17) is 0 Å². The second kappa shape index (κ2) is 2.24. The van der Waals surface area contributed by atoms with Crippen LogP contribution in [0.1, 0.15) is 19.8 Å². The second-order valence-corrected chi connectivity index (χ2v) is 1.74. The Kier molecular flexibility index (Phi) is 1.60. The van der Waals surface area contributed by atoms with E-state index in [9.17, 15) is 4.79 Å². The van der Waals surface area contributed by atoms with Crippen molar-refractivity contribution in [2.24, 2.45) is 0 Å². The van der Waals surface area contributed by atoms with E-state index in [-0.39, 0.29) is 5.78 Å². The second-order valence-electron chi connectivity index (χ2n) is 1.74. The van der Waals surface area contributed by atoms with Crippen LogP contribution in [0, 0.1) is 0 Å². The van der Waals surface area contributed by atoms with E-state index >= 15 is 0 Å². The summed E-state index contributed by atoms with van der Waals surface area (Å²) in [5, 5.41) is 0. The van der Waals surface area contributed by atoms with E-state index in [0.717, 1.165) is 6.42 Å². The summed E-state index contributed by atoms with van der Waals surface area (Å²) >= 11 is 0. The van der Waals surface area contributed by atoms with Crippen molar-refractivity contribution in [3.8, 4) is 0 Å².